The van der Waals surface area contributed by atoms with Gasteiger partial charge in [0.05, 0.1) is 11.3 Å². The topological polar surface area (TPSA) is 37.8 Å². The Hall–Kier alpha value is -2.25. The standard InChI is InChI=1S/C17H14F3N3S/c18-17(19,20)14-5-3-13(4-6-14)16-23-15(11-24-16)10-22-9-12-2-1-7-21-8-12/h1-8,11,22H,9-10H2. The van der Waals surface area contributed by atoms with E-state index in [4.69, 9.17) is 0 Å². The van der Waals surface area contributed by atoms with Gasteiger partial charge in [-0.25, -0.2) is 4.98 Å². The lowest BCUT2D eigenvalue weighted by molar-refractivity contribution is -0.137. The van der Waals surface area contributed by atoms with Crippen LogP contribution in [0.1, 0.15) is 16.8 Å². The van der Waals surface area contributed by atoms with E-state index in [9.17, 15) is 13.2 Å². The van der Waals surface area contributed by atoms with Crippen molar-refractivity contribution in [1.82, 2.24) is 15.3 Å². The molecule has 0 bridgehead atoms. The van der Waals surface area contributed by atoms with E-state index in [0.717, 1.165) is 23.4 Å². The van der Waals surface area contributed by atoms with Crippen molar-refractivity contribution in [2.75, 3.05) is 0 Å². The molecule has 3 nitrogen and oxygen atoms in total. The van der Waals surface area contributed by atoms with Gasteiger partial charge in [0, 0.05) is 36.4 Å². The molecule has 24 heavy (non-hydrogen) atoms. The fourth-order valence-corrected chi connectivity index (χ4v) is 2.99. The number of hydrogen-bond acceptors (Lipinski definition) is 4. The van der Waals surface area contributed by atoms with Crippen molar-refractivity contribution in [3.05, 3.63) is 71.0 Å². The second kappa shape index (κ2) is 7.11. The molecule has 0 amide bonds. The lowest BCUT2D eigenvalue weighted by Crippen LogP contribution is -2.12. The largest absolute Gasteiger partial charge is 0.416 e. The van der Waals surface area contributed by atoms with Crippen molar-refractivity contribution in [1.29, 1.82) is 0 Å². The molecule has 0 unspecified atom stereocenters. The highest BCUT2D eigenvalue weighted by Crippen LogP contribution is 2.31. The summed E-state index contributed by atoms with van der Waals surface area (Å²) in [6.07, 6.45) is -0.801. The Morgan fingerprint density at radius 1 is 1.04 bits per heavy atom. The van der Waals surface area contributed by atoms with E-state index in [1.54, 1.807) is 12.4 Å². The van der Waals surface area contributed by atoms with Crippen molar-refractivity contribution in [3.63, 3.8) is 0 Å². The van der Waals surface area contributed by atoms with Crippen LogP contribution in [0.5, 0.6) is 0 Å². The molecule has 0 fully saturated rings. The molecule has 3 rings (SSSR count). The maximum absolute atomic E-state index is 12.6. The summed E-state index contributed by atoms with van der Waals surface area (Å²) in [5, 5.41) is 5.88. The van der Waals surface area contributed by atoms with Gasteiger partial charge in [0.2, 0.25) is 0 Å². The van der Waals surface area contributed by atoms with Gasteiger partial charge in [-0.3, -0.25) is 4.98 Å². The number of benzene rings is 1. The maximum atomic E-state index is 12.6. The van der Waals surface area contributed by atoms with E-state index in [2.05, 4.69) is 15.3 Å². The van der Waals surface area contributed by atoms with Crippen LogP contribution in [0.15, 0.2) is 54.2 Å². The molecule has 1 aromatic carbocycles. The first kappa shape index (κ1) is 16.6. The zero-order valence-electron chi connectivity index (χ0n) is 12.5. The Morgan fingerprint density at radius 2 is 1.83 bits per heavy atom. The molecule has 3 aromatic rings. The third kappa shape index (κ3) is 4.18. The van der Waals surface area contributed by atoms with Crippen LogP contribution in [-0.2, 0) is 19.3 Å². The minimum atomic E-state index is -4.32. The van der Waals surface area contributed by atoms with E-state index in [0.29, 0.717) is 23.7 Å². The number of nitrogens with one attached hydrogen (secondary N) is 1. The summed E-state index contributed by atoms with van der Waals surface area (Å²) in [7, 11) is 0. The van der Waals surface area contributed by atoms with Gasteiger partial charge in [-0.05, 0) is 23.8 Å². The monoisotopic (exact) mass is 349 g/mol. The first-order valence-corrected chi connectivity index (χ1v) is 8.12. The van der Waals surface area contributed by atoms with Crippen LogP contribution in [0.25, 0.3) is 10.6 Å². The second-order valence-corrected chi connectivity index (χ2v) is 6.04. The molecule has 0 radical (unpaired) electrons. The van der Waals surface area contributed by atoms with Gasteiger partial charge in [-0.2, -0.15) is 13.2 Å². The number of thiazole rings is 1. The van der Waals surface area contributed by atoms with E-state index in [1.165, 1.54) is 23.5 Å². The number of hydrogen-bond donors (Lipinski definition) is 1. The molecular formula is C17H14F3N3S. The fourth-order valence-electron chi connectivity index (χ4n) is 2.16. The summed E-state index contributed by atoms with van der Waals surface area (Å²) < 4.78 is 37.7. The molecule has 7 heteroatoms. The SMILES string of the molecule is FC(F)(F)c1ccc(-c2nc(CNCc3cccnc3)cs2)cc1. The zero-order chi connectivity index (χ0) is 17.0. The van der Waals surface area contributed by atoms with Gasteiger partial charge >= 0.3 is 6.18 Å². The third-order valence-corrected chi connectivity index (χ3v) is 4.31. The molecule has 0 aliphatic heterocycles. The predicted octanol–water partition coefficient (Wildman–Crippen LogP) is 4.51. The van der Waals surface area contributed by atoms with E-state index >= 15 is 0 Å². The summed E-state index contributed by atoms with van der Waals surface area (Å²) in [5.74, 6) is 0. The Balaban J connectivity index is 1.61. The first-order valence-electron chi connectivity index (χ1n) is 7.24. The highest BCUT2D eigenvalue weighted by Gasteiger charge is 2.30. The minimum absolute atomic E-state index is 0.589. The number of rotatable bonds is 5. The van der Waals surface area contributed by atoms with Crippen LogP contribution >= 0.6 is 11.3 Å². The molecule has 0 saturated heterocycles. The fraction of sp³-hybridized carbons (Fsp3) is 0.176. The van der Waals surface area contributed by atoms with Crippen molar-refractivity contribution in [2.45, 2.75) is 19.3 Å². The van der Waals surface area contributed by atoms with Crippen LogP contribution in [0.2, 0.25) is 0 Å². The van der Waals surface area contributed by atoms with E-state index in [-0.39, 0.29) is 0 Å². The number of halogens is 3. The smallest absolute Gasteiger partial charge is 0.307 e. The average molecular weight is 349 g/mol. The van der Waals surface area contributed by atoms with Gasteiger partial charge in [0.1, 0.15) is 5.01 Å². The quantitative estimate of drug-likeness (QED) is 0.736. The Bertz CT molecular complexity index is 783. The van der Waals surface area contributed by atoms with Crippen LogP contribution < -0.4 is 5.32 Å². The molecule has 0 spiro atoms. The van der Waals surface area contributed by atoms with Gasteiger partial charge in [0.25, 0.3) is 0 Å². The van der Waals surface area contributed by atoms with Gasteiger partial charge in [-0.1, -0.05) is 18.2 Å². The molecule has 124 valence electrons. The van der Waals surface area contributed by atoms with Crippen molar-refractivity contribution in [3.8, 4) is 10.6 Å². The molecule has 2 heterocycles. The van der Waals surface area contributed by atoms with E-state index < -0.39 is 11.7 Å². The Morgan fingerprint density at radius 3 is 2.50 bits per heavy atom. The van der Waals surface area contributed by atoms with Crippen LogP contribution in [0.4, 0.5) is 13.2 Å². The zero-order valence-corrected chi connectivity index (χ0v) is 13.4. The second-order valence-electron chi connectivity index (χ2n) is 5.18. The third-order valence-electron chi connectivity index (χ3n) is 3.37. The van der Waals surface area contributed by atoms with Gasteiger partial charge in [0.15, 0.2) is 0 Å². The summed E-state index contributed by atoms with van der Waals surface area (Å²) in [6.45, 7) is 1.27. The molecular weight excluding hydrogens is 335 g/mol. The van der Waals surface area contributed by atoms with Crippen molar-refractivity contribution >= 4 is 11.3 Å². The first-order chi connectivity index (χ1) is 11.5. The summed E-state index contributed by atoms with van der Waals surface area (Å²) in [6, 6.07) is 8.92. The molecule has 2 aromatic heterocycles. The van der Waals surface area contributed by atoms with E-state index in [1.807, 2.05) is 17.5 Å². The van der Waals surface area contributed by atoms with Crippen molar-refractivity contribution < 1.29 is 13.2 Å². The number of pyridine rings is 1. The minimum Gasteiger partial charge on any atom is -0.307 e. The highest BCUT2D eigenvalue weighted by atomic mass is 32.1. The summed E-state index contributed by atoms with van der Waals surface area (Å²) in [4.78, 5) is 8.51. The van der Waals surface area contributed by atoms with Crippen molar-refractivity contribution in [2.24, 2.45) is 0 Å². The average Bonchev–Trinajstić information content (AvgIpc) is 3.04. The lowest BCUT2D eigenvalue weighted by atomic mass is 10.1. The predicted molar refractivity (Wildman–Crippen MR) is 87.3 cm³/mol. The number of aromatic nitrogens is 2. The van der Waals surface area contributed by atoms with Crippen LogP contribution in [-0.4, -0.2) is 9.97 Å². The molecule has 0 saturated carbocycles. The van der Waals surface area contributed by atoms with Gasteiger partial charge in [-0.15, -0.1) is 11.3 Å². The molecule has 1 N–H and O–H groups in total. The maximum Gasteiger partial charge on any atom is 0.416 e. The lowest BCUT2D eigenvalue weighted by Gasteiger charge is -2.06. The van der Waals surface area contributed by atoms with Crippen LogP contribution in [0.3, 0.4) is 0 Å². The summed E-state index contributed by atoms with van der Waals surface area (Å²) >= 11 is 1.42. The molecule has 0 atom stereocenters. The van der Waals surface area contributed by atoms with Gasteiger partial charge < -0.3 is 5.32 Å². The number of nitrogens with zero attached hydrogens (tertiary/aromatic N) is 2. The Kier molecular flexibility index (Phi) is 4.92. The van der Waals surface area contributed by atoms with Crippen LogP contribution in [0, 0.1) is 0 Å². The molecule has 0 aliphatic carbocycles. The Labute approximate surface area is 141 Å². The summed E-state index contributed by atoms with van der Waals surface area (Å²) in [5.41, 5.74) is 1.97. The number of alkyl halides is 3. The normalized spacial score (nSPS) is 11.6. The highest BCUT2D eigenvalue weighted by molar-refractivity contribution is 7.13. The molecule has 0 aliphatic rings.